The van der Waals surface area contributed by atoms with Crippen molar-refractivity contribution < 1.29 is 9.53 Å². The molecule has 0 saturated heterocycles. The number of hydrogen-bond acceptors (Lipinski definition) is 5. The van der Waals surface area contributed by atoms with E-state index in [1.165, 1.54) is 6.21 Å². The maximum absolute atomic E-state index is 12.6. The van der Waals surface area contributed by atoms with Gasteiger partial charge in [-0.15, -0.1) is 4.68 Å². The number of ether oxygens (including phenoxy) is 1. The predicted octanol–water partition coefficient (Wildman–Crippen LogP) is 3.24. The van der Waals surface area contributed by atoms with Crippen LogP contribution in [-0.2, 0) is 4.79 Å². The summed E-state index contributed by atoms with van der Waals surface area (Å²) in [5.41, 5.74) is 0.315. The van der Waals surface area contributed by atoms with Crippen LogP contribution in [0.15, 0.2) is 87.5 Å². The topological polar surface area (TPSA) is 106 Å². The van der Waals surface area contributed by atoms with Crippen molar-refractivity contribution in [3.63, 3.8) is 0 Å². The highest BCUT2D eigenvalue weighted by Gasteiger charge is 2.08. The molecule has 3 aromatic carbocycles. The molecule has 0 radical (unpaired) electrons. The molecule has 0 bridgehead atoms. The fourth-order valence-corrected chi connectivity index (χ4v) is 3.10. The van der Waals surface area contributed by atoms with Gasteiger partial charge in [0, 0.05) is 16.3 Å². The zero-order valence-corrected chi connectivity index (χ0v) is 17.4. The van der Waals surface area contributed by atoms with Crippen molar-refractivity contribution in [3.8, 4) is 5.75 Å². The van der Waals surface area contributed by atoms with Crippen LogP contribution in [0, 0.1) is 0 Å². The number of rotatable bonds is 6. The van der Waals surface area contributed by atoms with Gasteiger partial charge in [0.1, 0.15) is 5.75 Å². The monoisotopic (exact) mass is 448 g/mol. The summed E-state index contributed by atoms with van der Waals surface area (Å²) in [6.07, 6.45) is 1.33. The van der Waals surface area contributed by atoms with Crippen LogP contribution in [0.25, 0.3) is 10.9 Å². The number of aromatic nitrogens is 2. The molecule has 8 nitrogen and oxygen atoms in total. The van der Waals surface area contributed by atoms with E-state index in [4.69, 9.17) is 16.3 Å². The van der Waals surface area contributed by atoms with Crippen LogP contribution in [0.4, 0.5) is 5.69 Å². The number of nitrogens with zero attached hydrogens (tertiary/aromatic N) is 2. The molecule has 1 amide bonds. The van der Waals surface area contributed by atoms with Crippen LogP contribution in [-0.4, -0.2) is 28.4 Å². The second-order valence-electron chi connectivity index (χ2n) is 6.72. The lowest BCUT2D eigenvalue weighted by Crippen LogP contribution is -2.32. The number of carbonyl (C=O) groups is 1. The SMILES string of the molecule is O=C(COc1ccccc1C=Nn1c(=O)[nH]c2ccccc2c1=O)Nc1ccc(Cl)cc1. The molecule has 0 saturated carbocycles. The van der Waals surface area contributed by atoms with Crippen molar-refractivity contribution in [1.29, 1.82) is 0 Å². The highest BCUT2D eigenvalue weighted by molar-refractivity contribution is 6.30. The zero-order valence-electron chi connectivity index (χ0n) is 16.6. The number of amides is 1. The number of halogens is 1. The highest BCUT2D eigenvalue weighted by Crippen LogP contribution is 2.17. The zero-order chi connectivity index (χ0) is 22.5. The minimum Gasteiger partial charge on any atom is -0.483 e. The number of para-hydroxylation sites is 2. The Morgan fingerprint density at radius 3 is 2.56 bits per heavy atom. The number of anilines is 1. The molecule has 0 spiro atoms. The van der Waals surface area contributed by atoms with Crippen molar-refractivity contribution in [2.24, 2.45) is 5.10 Å². The van der Waals surface area contributed by atoms with Crippen LogP contribution in [0.2, 0.25) is 5.02 Å². The average molecular weight is 449 g/mol. The van der Waals surface area contributed by atoms with Crippen LogP contribution in [0.1, 0.15) is 5.56 Å². The van der Waals surface area contributed by atoms with Gasteiger partial charge in [-0.3, -0.25) is 9.59 Å². The van der Waals surface area contributed by atoms with Gasteiger partial charge >= 0.3 is 5.69 Å². The van der Waals surface area contributed by atoms with E-state index in [9.17, 15) is 14.4 Å². The van der Waals surface area contributed by atoms with Gasteiger partial charge in [0.05, 0.1) is 17.1 Å². The molecule has 2 N–H and O–H groups in total. The van der Waals surface area contributed by atoms with Gasteiger partial charge in [-0.2, -0.15) is 5.10 Å². The standard InChI is InChI=1S/C23H17ClN4O4/c24-16-9-11-17(12-10-16)26-21(29)14-32-20-8-4-1-5-15(20)13-25-28-22(30)18-6-2-3-7-19(18)27-23(28)31/h1-13H,14H2,(H,26,29)(H,27,31). The molecule has 32 heavy (non-hydrogen) atoms. The van der Waals surface area contributed by atoms with Gasteiger partial charge in [0.25, 0.3) is 11.5 Å². The van der Waals surface area contributed by atoms with E-state index in [1.54, 1.807) is 72.8 Å². The number of fused-ring (bicyclic) bond motifs is 1. The lowest BCUT2D eigenvalue weighted by molar-refractivity contribution is -0.118. The van der Waals surface area contributed by atoms with Crippen LogP contribution < -0.4 is 21.3 Å². The van der Waals surface area contributed by atoms with E-state index in [-0.39, 0.29) is 12.5 Å². The molecule has 160 valence electrons. The number of benzene rings is 3. The molecule has 0 aliphatic carbocycles. The summed E-state index contributed by atoms with van der Waals surface area (Å²) in [7, 11) is 0. The Bertz CT molecular complexity index is 1420. The van der Waals surface area contributed by atoms with Gasteiger partial charge < -0.3 is 15.0 Å². The molecule has 0 fully saturated rings. The Kier molecular flexibility index (Phi) is 6.14. The van der Waals surface area contributed by atoms with Crippen molar-refractivity contribution in [3.05, 3.63) is 104 Å². The number of nitrogens with one attached hydrogen (secondary N) is 2. The Labute approximate surface area is 186 Å². The van der Waals surface area contributed by atoms with E-state index in [0.717, 1.165) is 4.68 Å². The normalized spacial score (nSPS) is 11.0. The smallest absolute Gasteiger partial charge is 0.349 e. The Morgan fingerprint density at radius 2 is 1.75 bits per heavy atom. The molecule has 1 aromatic heterocycles. The maximum atomic E-state index is 12.6. The molecule has 0 aliphatic rings. The van der Waals surface area contributed by atoms with Gasteiger partial charge in [0.2, 0.25) is 0 Å². The van der Waals surface area contributed by atoms with Gasteiger partial charge in [-0.25, -0.2) is 4.79 Å². The molecular formula is C23H17ClN4O4. The number of H-pyrrole nitrogens is 1. The predicted molar refractivity (Wildman–Crippen MR) is 124 cm³/mol. The second kappa shape index (κ2) is 9.32. The lowest BCUT2D eigenvalue weighted by atomic mass is 10.2. The maximum Gasteiger partial charge on any atom is 0.349 e. The van der Waals surface area contributed by atoms with Crippen LogP contribution >= 0.6 is 11.6 Å². The third kappa shape index (κ3) is 4.76. The van der Waals surface area contributed by atoms with Crippen LogP contribution in [0.5, 0.6) is 5.75 Å². The first-order valence-corrected chi connectivity index (χ1v) is 9.95. The first-order chi connectivity index (χ1) is 15.5. The van der Waals surface area contributed by atoms with Gasteiger partial charge in [-0.05, 0) is 48.5 Å². The third-order valence-corrected chi connectivity index (χ3v) is 4.75. The fourth-order valence-electron chi connectivity index (χ4n) is 2.97. The third-order valence-electron chi connectivity index (χ3n) is 4.50. The van der Waals surface area contributed by atoms with E-state index in [0.29, 0.717) is 32.9 Å². The Morgan fingerprint density at radius 1 is 1.03 bits per heavy atom. The minimum absolute atomic E-state index is 0.246. The second-order valence-corrected chi connectivity index (χ2v) is 7.16. The largest absolute Gasteiger partial charge is 0.483 e. The molecule has 1 heterocycles. The van der Waals surface area contributed by atoms with Crippen molar-refractivity contribution in [2.45, 2.75) is 0 Å². The lowest BCUT2D eigenvalue weighted by Gasteiger charge is -2.09. The average Bonchev–Trinajstić information content (AvgIpc) is 2.80. The molecular weight excluding hydrogens is 432 g/mol. The Hall–Kier alpha value is -4.17. The summed E-state index contributed by atoms with van der Waals surface area (Å²) in [5, 5.41) is 7.64. The number of hydrogen-bond donors (Lipinski definition) is 2. The van der Waals surface area contributed by atoms with E-state index in [2.05, 4.69) is 15.4 Å². The summed E-state index contributed by atoms with van der Waals surface area (Å²) >= 11 is 5.84. The van der Waals surface area contributed by atoms with Crippen LogP contribution in [0.3, 0.4) is 0 Å². The Balaban J connectivity index is 1.51. The van der Waals surface area contributed by atoms with E-state index in [1.807, 2.05) is 0 Å². The first kappa shape index (κ1) is 21.1. The van der Waals surface area contributed by atoms with Crippen molar-refractivity contribution >= 4 is 40.3 Å². The van der Waals surface area contributed by atoms with Crippen molar-refractivity contribution in [2.75, 3.05) is 11.9 Å². The van der Waals surface area contributed by atoms with Gasteiger partial charge in [-0.1, -0.05) is 35.9 Å². The summed E-state index contributed by atoms with van der Waals surface area (Å²) in [6, 6.07) is 20.2. The van der Waals surface area contributed by atoms with Gasteiger partial charge in [0.15, 0.2) is 6.61 Å². The molecule has 0 atom stereocenters. The summed E-state index contributed by atoms with van der Waals surface area (Å²) in [4.78, 5) is 39.7. The summed E-state index contributed by atoms with van der Waals surface area (Å²) < 4.78 is 6.35. The van der Waals surface area contributed by atoms with Crippen molar-refractivity contribution in [1.82, 2.24) is 9.66 Å². The van der Waals surface area contributed by atoms with E-state index >= 15 is 0 Å². The summed E-state index contributed by atoms with van der Waals surface area (Å²) in [6.45, 7) is -0.246. The molecule has 0 aliphatic heterocycles. The van der Waals surface area contributed by atoms with E-state index < -0.39 is 11.2 Å². The first-order valence-electron chi connectivity index (χ1n) is 9.57. The quantitative estimate of drug-likeness (QED) is 0.442. The fraction of sp³-hybridized carbons (Fsp3) is 0.0435. The summed E-state index contributed by atoms with van der Waals surface area (Å²) in [5.74, 6) is 0.00836. The number of aromatic amines is 1. The number of carbonyl (C=O) groups excluding carboxylic acids is 1. The molecule has 4 rings (SSSR count). The molecule has 4 aromatic rings. The molecule has 0 unspecified atom stereocenters. The minimum atomic E-state index is -0.661. The molecule has 9 heteroatoms. The highest BCUT2D eigenvalue weighted by atomic mass is 35.5.